The smallest absolute Gasteiger partial charge is 0.265 e. The molecule has 2 aromatic rings. The number of rotatable bonds is 4. The predicted molar refractivity (Wildman–Crippen MR) is 71.4 cm³/mol. The fourth-order valence-corrected chi connectivity index (χ4v) is 3.09. The highest BCUT2D eigenvalue weighted by Crippen LogP contribution is 2.20. The van der Waals surface area contributed by atoms with E-state index in [0.717, 1.165) is 5.69 Å². The largest absolute Gasteiger partial charge is 0.276 e. The molecule has 0 bridgehead atoms. The van der Waals surface area contributed by atoms with Crippen LogP contribution in [0.1, 0.15) is 18.3 Å². The van der Waals surface area contributed by atoms with Crippen molar-refractivity contribution in [3.05, 3.63) is 23.8 Å². The average molecular weight is 283 g/mol. The van der Waals surface area contributed by atoms with E-state index in [1.807, 2.05) is 6.92 Å². The minimum Gasteiger partial charge on any atom is -0.276 e. The van der Waals surface area contributed by atoms with E-state index >= 15 is 0 Å². The van der Waals surface area contributed by atoms with Gasteiger partial charge in [-0.2, -0.15) is 10.2 Å². The molecule has 0 saturated carbocycles. The first-order valence-electron chi connectivity index (χ1n) is 5.90. The zero-order valence-electron chi connectivity index (χ0n) is 11.4. The summed E-state index contributed by atoms with van der Waals surface area (Å²) >= 11 is 0. The van der Waals surface area contributed by atoms with E-state index in [1.165, 1.54) is 12.4 Å². The molecule has 0 amide bonds. The fourth-order valence-electron chi connectivity index (χ4n) is 1.81. The molecule has 7 nitrogen and oxygen atoms in total. The van der Waals surface area contributed by atoms with Crippen LogP contribution in [-0.2, 0) is 23.6 Å². The van der Waals surface area contributed by atoms with Gasteiger partial charge >= 0.3 is 0 Å². The van der Waals surface area contributed by atoms with Crippen LogP contribution in [0.5, 0.6) is 0 Å². The maximum absolute atomic E-state index is 12.3. The van der Waals surface area contributed by atoms with Gasteiger partial charge in [-0.05, 0) is 20.8 Å². The molecule has 0 unspecified atom stereocenters. The molecule has 2 aromatic heterocycles. The van der Waals surface area contributed by atoms with Crippen molar-refractivity contribution in [2.45, 2.75) is 32.2 Å². The first-order valence-corrected chi connectivity index (χ1v) is 7.39. The van der Waals surface area contributed by atoms with Gasteiger partial charge in [0.05, 0.1) is 29.5 Å². The maximum Gasteiger partial charge on any atom is 0.265 e. The van der Waals surface area contributed by atoms with Gasteiger partial charge in [0, 0.05) is 13.6 Å². The number of aryl methyl sites for hydroxylation is 2. The van der Waals surface area contributed by atoms with Gasteiger partial charge in [-0.15, -0.1) is 0 Å². The van der Waals surface area contributed by atoms with Crippen LogP contribution in [0.4, 0.5) is 5.69 Å². The summed E-state index contributed by atoms with van der Waals surface area (Å²) in [6, 6.07) is 0. The van der Waals surface area contributed by atoms with Crippen molar-refractivity contribution in [1.29, 1.82) is 0 Å². The monoisotopic (exact) mass is 283 g/mol. The Morgan fingerprint density at radius 2 is 1.89 bits per heavy atom. The van der Waals surface area contributed by atoms with E-state index in [2.05, 4.69) is 14.9 Å². The number of sulfonamides is 1. The number of nitrogens with one attached hydrogen (secondary N) is 1. The molecular weight excluding hydrogens is 266 g/mol. The number of hydrogen-bond donors (Lipinski definition) is 1. The van der Waals surface area contributed by atoms with E-state index in [0.29, 0.717) is 17.9 Å². The molecule has 0 aliphatic heterocycles. The molecule has 0 radical (unpaired) electrons. The van der Waals surface area contributed by atoms with E-state index in [4.69, 9.17) is 0 Å². The Kier molecular flexibility index (Phi) is 3.36. The number of nitrogens with zero attached hydrogens (tertiary/aromatic N) is 4. The van der Waals surface area contributed by atoms with E-state index in [-0.39, 0.29) is 4.90 Å². The molecule has 104 valence electrons. The first-order chi connectivity index (χ1) is 8.86. The summed E-state index contributed by atoms with van der Waals surface area (Å²) in [5.74, 6) is 0. The molecule has 0 aliphatic carbocycles. The highest BCUT2D eigenvalue weighted by molar-refractivity contribution is 7.92. The third-order valence-electron chi connectivity index (χ3n) is 3.13. The van der Waals surface area contributed by atoms with Gasteiger partial charge in [-0.1, -0.05) is 0 Å². The molecule has 2 heterocycles. The van der Waals surface area contributed by atoms with Crippen LogP contribution in [0, 0.1) is 13.8 Å². The second-order valence-electron chi connectivity index (χ2n) is 4.28. The van der Waals surface area contributed by atoms with Crippen LogP contribution in [0.3, 0.4) is 0 Å². The standard InChI is InChI=1S/C11H17N5O2S/c1-5-16-9(3)11(7-13-16)19(17,18)14-10-6-12-15(4)8(10)2/h6-7,14H,5H2,1-4H3. The molecule has 8 heteroatoms. The van der Waals surface area contributed by atoms with Gasteiger partial charge in [0.1, 0.15) is 4.90 Å². The predicted octanol–water partition coefficient (Wildman–Crippen LogP) is 1.05. The van der Waals surface area contributed by atoms with Crippen LogP contribution < -0.4 is 4.72 Å². The normalized spacial score (nSPS) is 11.8. The number of anilines is 1. The number of aromatic nitrogens is 4. The molecule has 2 rings (SSSR count). The SMILES string of the molecule is CCn1ncc(S(=O)(=O)Nc2cnn(C)c2C)c1C. The van der Waals surface area contributed by atoms with Crippen molar-refractivity contribution in [2.24, 2.45) is 7.05 Å². The van der Waals surface area contributed by atoms with Gasteiger partial charge in [0.25, 0.3) is 10.0 Å². The Morgan fingerprint density at radius 3 is 2.37 bits per heavy atom. The van der Waals surface area contributed by atoms with Gasteiger partial charge in [0.15, 0.2) is 0 Å². The summed E-state index contributed by atoms with van der Waals surface area (Å²) in [5, 5.41) is 8.05. The zero-order valence-corrected chi connectivity index (χ0v) is 12.2. The van der Waals surface area contributed by atoms with Crippen LogP contribution in [0.2, 0.25) is 0 Å². The Morgan fingerprint density at radius 1 is 1.21 bits per heavy atom. The summed E-state index contributed by atoms with van der Waals surface area (Å²) in [4.78, 5) is 0.192. The Bertz CT molecular complexity index is 699. The highest BCUT2D eigenvalue weighted by Gasteiger charge is 2.22. The molecule has 0 spiro atoms. The minimum absolute atomic E-state index is 0.192. The average Bonchev–Trinajstić information content (AvgIpc) is 2.87. The van der Waals surface area contributed by atoms with Crippen molar-refractivity contribution >= 4 is 15.7 Å². The van der Waals surface area contributed by atoms with Gasteiger partial charge < -0.3 is 0 Å². The molecule has 0 atom stereocenters. The molecular formula is C11H17N5O2S. The summed E-state index contributed by atoms with van der Waals surface area (Å²) in [7, 11) is -1.87. The van der Waals surface area contributed by atoms with Crippen LogP contribution in [0.25, 0.3) is 0 Å². The van der Waals surface area contributed by atoms with Crippen molar-refractivity contribution in [2.75, 3.05) is 4.72 Å². The van der Waals surface area contributed by atoms with Crippen molar-refractivity contribution in [3.8, 4) is 0 Å². The maximum atomic E-state index is 12.3. The van der Waals surface area contributed by atoms with E-state index in [9.17, 15) is 8.42 Å². The summed E-state index contributed by atoms with van der Waals surface area (Å²) in [5.41, 5.74) is 1.85. The lowest BCUT2D eigenvalue weighted by Gasteiger charge is -2.07. The van der Waals surface area contributed by atoms with Gasteiger partial charge in [-0.25, -0.2) is 8.42 Å². The quantitative estimate of drug-likeness (QED) is 0.909. The van der Waals surface area contributed by atoms with Crippen LogP contribution in [0.15, 0.2) is 17.3 Å². The summed E-state index contributed by atoms with van der Waals surface area (Å²) in [6.07, 6.45) is 2.86. The Balaban J connectivity index is 2.38. The lowest BCUT2D eigenvalue weighted by molar-refractivity contribution is 0.598. The first kappa shape index (κ1) is 13.6. The Hall–Kier alpha value is -1.83. The van der Waals surface area contributed by atoms with Crippen molar-refractivity contribution < 1.29 is 8.42 Å². The minimum atomic E-state index is -3.63. The topological polar surface area (TPSA) is 81.8 Å². The second-order valence-corrected chi connectivity index (χ2v) is 5.93. The number of hydrogen-bond acceptors (Lipinski definition) is 4. The lowest BCUT2D eigenvalue weighted by atomic mass is 10.4. The van der Waals surface area contributed by atoms with E-state index < -0.39 is 10.0 Å². The molecule has 0 aliphatic rings. The molecule has 1 N–H and O–H groups in total. The highest BCUT2D eigenvalue weighted by atomic mass is 32.2. The van der Waals surface area contributed by atoms with Gasteiger partial charge in [-0.3, -0.25) is 14.1 Å². The van der Waals surface area contributed by atoms with Gasteiger partial charge in [0.2, 0.25) is 0 Å². The van der Waals surface area contributed by atoms with Crippen LogP contribution >= 0.6 is 0 Å². The van der Waals surface area contributed by atoms with E-state index in [1.54, 1.807) is 30.3 Å². The molecule has 0 saturated heterocycles. The second kappa shape index (κ2) is 4.69. The third kappa shape index (κ3) is 2.35. The molecule has 0 aromatic carbocycles. The fraction of sp³-hybridized carbons (Fsp3) is 0.455. The lowest BCUT2D eigenvalue weighted by Crippen LogP contribution is -2.14. The third-order valence-corrected chi connectivity index (χ3v) is 4.60. The Labute approximate surface area is 112 Å². The van der Waals surface area contributed by atoms with Crippen LogP contribution in [-0.4, -0.2) is 28.0 Å². The van der Waals surface area contributed by atoms with Crippen molar-refractivity contribution in [3.63, 3.8) is 0 Å². The molecule has 19 heavy (non-hydrogen) atoms. The molecule has 0 fully saturated rings. The summed E-state index contributed by atoms with van der Waals surface area (Å²) in [6.45, 7) is 6.08. The zero-order chi connectivity index (χ0) is 14.2. The summed E-state index contributed by atoms with van der Waals surface area (Å²) < 4.78 is 30.4. The van der Waals surface area contributed by atoms with Crippen molar-refractivity contribution in [1.82, 2.24) is 19.6 Å².